The van der Waals surface area contributed by atoms with E-state index in [1.54, 1.807) is 13.0 Å². The van der Waals surface area contributed by atoms with E-state index in [-0.39, 0.29) is 5.41 Å². The van der Waals surface area contributed by atoms with Crippen LogP contribution in [0.25, 0.3) is 0 Å². The molecule has 0 aliphatic heterocycles. The maximum atomic E-state index is 12.4. The molecule has 0 heterocycles. The minimum absolute atomic E-state index is 0.261. The number of hydrogen-bond donors (Lipinski definition) is 2. The molecular formula is C14H21BrN2O2S. The molecule has 4 nitrogen and oxygen atoms in total. The maximum Gasteiger partial charge on any atom is 0.240 e. The van der Waals surface area contributed by atoms with Crippen LogP contribution >= 0.6 is 15.9 Å². The van der Waals surface area contributed by atoms with Gasteiger partial charge in [-0.2, -0.15) is 0 Å². The summed E-state index contributed by atoms with van der Waals surface area (Å²) in [5, 5.41) is 0. The van der Waals surface area contributed by atoms with E-state index in [0.29, 0.717) is 29.5 Å². The highest BCUT2D eigenvalue weighted by Crippen LogP contribution is 2.51. The third-order valence-corrected chi connectivity index (χ3v) is 6.49. The van der Waals surface area contributed by atoms with Crippen molar-refractivity contribution >= 4 is 26.0 Å². The van der Waals surface area contributed by atoms with Crippen LogP contribution in [0.3, 0.4) is 0 Å². The molecule has 1 saturated carbocycles. The Kier molecular flexibility index (Phi) is 4.31. The fourth-order valence-electron chi connectivity index (χ4n) is 2.32. The molecule has 0 spiro atoms. The van der Waals surface area contributed by atoms with Gasteiger partial charge in [-0.15, -0.1) is 0 Å². The number of rotatable bonds is 5. The molecule has 1 fully saturated rings. The van der Waals surface area contributed by atoms with Crippen molar-refractivity contribution in [2.24, 2.45) is 17.1 Å². The molecule has 0 bridgehead atoms. The highest BCUT2D eigenvalue weighted by Gasteiger charge is 2.45. The molecule has 1 aliphatic rings. The first-order chi connectivity index (χ1) is 9.17. The summed E-state index contributed by atoms with van der Waals surface area (Å²) in [5.41, 5.74) is 7.39. The van der Waals surface area contributed by atoms with Crippen LogP contribution in [-0.4, -0.2) is 15.0 Å². The van der Waals surface area contributed by atoms with Gasteiger partial charge in [0.1, 0.15) is 0 Å². The molecule has 0 saturated heterocycles. The van der Waals surface area contributed by atoms with Gasteiger partial charge < -0.3 is 5.73 Å². The van der Waals surface area contributed by atoms with Gasteiger partial charge in [-0.05, 0) is 47.9 Å². The minimum Gasteiger partial charge on any atom is -0.326 e. The standard InChI is InChI=1S/C14H21BrN2O2S/c1-9-12(15)4-10(7-16)5-13(9)20(18,19)17-8-11-6-14(11,2)3/h4-5,11,17H,6-8,16H2,1-3H3. The van der Waals surface area contributed by atoms with Crippen LogP contribution in [0.2, 0.25) is 0 Å². The van der Waals surface area contributed by atoms with Crippen molar-refractivity contribution in [3.05, 3.63) is 27.7 Å². The lowest BCUT2D eigenvalue weighted by Gasteiger charge is -2.13. The molecule has 20 heavy (non-hydrogen) atoms. The van der Waals surface area contributed by atoms with Gasteiger partial charge in [-0.3, -0.25) is 0 Å². The first-order valence-electron chi connectivity index (χ1n) is 6.66. The minimum atomic E-state index is -3.49. The summed E-state index contributed by atoms with van der Waals surface area (Å²) >= 11 is 3.39. The second kappa shape index (κ2) is 5.40. The topological polar surface area (TPSA) is 72.2 Å². The van der Waals surface area contributed by atoms with Gasteiger partial charge in [0.05, 0.1) is 4.90 Å². The number of hydrogen-bond acceptors (Lipinski definition) is 3. The fourth-order valence-corrected chi connectivity index (χ4v) is 4.35. The average Bonchev–Trinajstić information content (AvgIpc) is 2.98. The first-order valence-corrected chi connectivity index (χ1v) is 8.94. The number of nitrogens with two attached hydrogens (primary N) is 1. The Morgan fingerprint density at radius 2 is 2.05 bits per heavy atom. The predicted molar refractivity (Wildman–Crippen MR) is 83.8 cm³/mol. The Labute approximate surface area is 129 Å². The monoisotopic (exact) mass is 360 g/mol. The molecular weight excluding hydrogens is 340 g/mol. The Morgan fingerprint density at radius 3 is 2.55 bits per heavy atom. The predicted octanol–water partition coefficient (Wildman–Crippen LogP) is 2.54. The normalized spacial score (nSPS) is 20.9. The number of sulfonamides is 1. The summed E-state index contributed by atoms with van der Waals surface area (Å²) in [7, 11) is -3.49. The van der Waals surface area contributed by atoms with E-state index in [0.717, 1.165) is 16.5 Å². The molecule has 112 valence electrons. The molecule has 2 rings (SSSR count). The van der Waals surface area contributed by atoms with Gasteiger partial charge in [-0.1, -0.05) is 29.8 Å². The lowest BCUT2D eigenvalue weighted by molar-refractivity contribution is 0.537. The molecule has 0 radical (unpaired) electrons. The summed E-state index contributed by atoms with van der Waals surface area (Å²) in [6, 6.07) is 3.51. The van der Waals surface area contributed by atoms with E-state index in [2.05, 4.69) is 34.5 Å². The van der Waals surface area contributed by atoms with Gasteiger partial charge >= 0.3 is 0 Å². The Morgan fingerprint density at radius 1 is 1.45 bits per heavy atom. The third kappa shape index (κ3) is 3.24. The number of nitrogens with one attached hydrogen (secondary N) is 1. The maximum absolute atomic E-state index is 12.4. The molecule has 1 aromatic carbocycles. The molecule has 1 aliphatic carbocycles. The van der Waals surface area contributed by atoms with Crippen molar-refractivity contribution in [2.45, 2.75) is 38.6 Å². The van der Waals surface area contributed by atoms with Crippen molar-refractivity contribution in [2.75, 3.05) is 6.54 Å². The largest absolute Gasteiger partial charge is 0.326 e. The summed E-state index contributed by atoms with van der Waals surface area (Å²) < 4.78 is 28.4. The van der Waals surface area contributed by atoms with Crippen molar-refractivity contribution in [1.82, 2.24) is 4.72 Å². The molecule has 1 atom stereocenters. The van der Waals surface area contributed by atoms with Gasteiger partial charge in [0, 0.05) is 17.6 Å². The van der Waals surface area contributed by atoms with E-state index >= 15 is 0 Å². The molecule has 1 aromatic rings. The quantitative estimate of drug-likeness (QED) is 0.847. The van der Waals surface area contributed by atoms with Crippen LogP contribution in [0.4, 0.5) is 0 Å². The van der Waals surface area contributed by atoms with E-state index in [4.69, 9.17) is 5.73 Å². The number of halogens is 1. The Balaban J connectivity index is 2.23. The highest BCUT2D eigenvalue weighted by molar-refractivity contribution is 9.10. The second-order valence-electron chi connectivity index (χ2n) is 6.15. The van der Waals surface area contributed by atoms with Gasteiger partial charge in [0.25, 0.3) is 0 Å². The van der Waals surface area contributed by atoms with Crippen molar-refractivity contribution < 1.29 is 8.42 Å². The molecule has 1 unspecified atom stereocenters. The zero-order valence-corrected chi connectivity index (χ0v) is 14.4. The van der Waals surface area contributed by atoms with E-state index in [1.165, 1.54) is 0 Å². The van der Waals surface area contributed by atoms with Gasteiger partial charge in [-0.25, -0.2) is 13.1 Å². The molecule has 0 aromatic heterocycles. The van der Waals surface area contributed by atoms with Gasteiger partial charge in [0.15, 0.2) is 0 Å². The average molecular weight is 361 g/mol. The zero-order valence-electron chi connectivity index (χ0n) is 12.0. The van der Waals surface area contributed by atoms with Crippen LogP contribution in [0.5, 0.6) is 0 Å². The molecule has 0 amide bonds. The van der Waals surface area contributed by atoms with E-state index in [1.807, 2.05) is 6.07 Å². The van der Waals surface area contributed by atoms with E-state index in [9.17, 15) is 8.42 Å². The van der Waals surface area contributed by atoms with Gasteiger partial charge in [0.2, 0.25) is 10.0 Å². The zero-order chi connectivity index (χ0) is 15.1. The van der Waals surface area contributed by atoms with Crippen LogP contribution in [0.15, 0.2) is 21.5 Å². The summed E-state index contributed by atoms with van der Waals surface area (Å²) in [6.45, 7) is 6.92. The highest BCUT2D eigenvalue weighted by atomic mass is 79.9. The summed E-state index contributed by atoms with van der Waals surface area (Å²) in [5.74, 6) is 0.429. The first kappa shape index (κ1) is 15.9. The summed E-state index contributed by atoms with van der Waals surface area (Å²) in [4.78, 5) is 0.311. The van der Waals surface area contributed by atoms with Crippen LogP contribution in [0.1, 0.15) is 31.4 Å². The van der Waals surface area contributed by atoms with Crippen molar-refractivity contribution in [3.63, 3.8) is 0 Å². The lowest BCUT2D eigenvalue weighted by Crippen LogP contribution is -2.27. The Bertz CT molecular complexity index is 626. The van der Waals surface area contributed by atoms with Crippen LogP contribution in [0, 0.1) is 18.3 Å². The molecule has 6 heteroatoms. The SMILES string of the molecule is Cc1c(Br)cc(CN)cc1S(=O)(=O)NCC1CC1(C)C. The van der Waals surface area contributed by atoms with E-state index < -0.39 is 10.0 Å². The third-order valence-electron chi connectivity index (χ3n) is 4.12. The molecule has 3 N–H and O–H groups in total. The summed E-state index contributed by atoms with van der Waals surface area (Å²) in [6.07, 6.45) is 1.07. The van der Waals surface area contributed by atoms with Crippen molar-refractivity contribution in [3.8, 4) is 0 Å². The van der Waals surface area contributed by atoms with Crippen LogP contribution < -0.4 is 10.5 Å². The smallest absolute Gasteiger partial charge is 0.240 e. The number of benzene rings is 1. The van der Waals surface area contributed by atoms with Crippen LogP contribution in [-0.2, 0) is 16.6 Å². The fraction of sp³-hybridized carbons (Fsp3) is 0.571. The Hall–Kier alpha value is -0.430. The lowest BCUT2D eigenvalue weighted by atomic mass is 10.1. The van der Waals surface area contributed by atoms with Crippen molar-refractivity contribution in [1.29, 1.82) is 0 Å². The second-order valence-corrected chi connectivity index (χ2v) is 8.74.